The number of aromatic nitrogens is 1. The van der Waals surface area contributed by atoms with E-state index in [4.69, 9.17) is 28.1 Å². The van der Waals surface area contributed by atoms with Crippen LogP contribution >= 0.6 is 0 Å². The first-order chi connectivity index (χ1) is 22.8. The molecule has 2 heterocycles. The molecule has 0 saturated carbocycles. The Bertz CT molecular complexity index is 2160. The molecule has 5 rings (SSSR count). The largest absolute Gasteiger partial charge is 0.534 e. The van der Waals surface area contributed by atoms with Crippen molar-refractivity contribution in [2.45, 2.75) is 25.1 Å². The molecule has 3 aromatic carbocycles. The molecule has 0 aliphatic carbocycles. The van der Waals surface area contributed by atoms with Crippen LogP contribution in [0.2, 0.25) is 0 Å². The lowest BCUT2D eigenvalue weighted by molar-refractivity contribution is -0.0500. The maximum Gasteiger partial charge on any atom is 0.534 e. The van der Waals surface area contributed by atoms with E-state index in [-0.39, 0.29) is 42.0 Å². The highest BCUT2D eigenvalue weighted by Crippen LogP contribution is 2.43. The Hall–Kier alpha value is -5.38. The first kappa shape index (κ1) is 34.0. The molecule has 16 heteroatoms. The number of aryl methyl sites for hydroxylation is 2. The molecule has 0 radical (unpaired) electrons. The van der Waals surface area contributed by atoms with Gasteiger partial charge in [0.1, 0.15) is 17.7 Å². The van der Waals surface area contributed by atoms with E-state index in [9.17, 15) is 31.2 Å². The molecular weight excluding hydrogens is 663 g/mol. The molecule has 0 unspecified atom stereocenters. The summed E-state index contributed by atoms with van der Waals surface area (Å²) in [5.41, 5.74) is -7.08. The standard InChI is InChI=1S/C32H28F3NO11S/c1-41-21-11-10-18(14-23(21)42-2)12-13-36-27-26(29(28(36)30(37)44-4)47-48(39,40)32(33,34)35)20-15-24(43-3)25(16-22(20)46-31(27)38)45-17-19-8-6-5-7-9-19/h5-11,14-16H,12-13,17H2,1-4H3. The summed E-state index contributed by atoms with van der Waals surface area (Å²) in [5, 5.41) is -0.578. The molecule has 254 valence electrons. The molecule has 0 aliphatic rings. The van der Waals surface area contributed by atoms with Crippen molar-refractivity contribution in [3.63, 3.8) is 0 Å². The zero-order valence-corrected chi connectivity index (χ0v) is 26.7. The van der Waals surface area contributed by atoms with Crippen LogP contribution in [-0.2, 0) is 34.4 Å². The molecule has 0 spiro atoms. The van der Waals surface area contributed by atoms with E-state index in [1.165, 1.54) is 33.5 Å². The van der Waals surface area contributed by atoms with Gasteiger partial charge in [-0.25, -0.2) is 9.59 Å². The number of carbonyl (C=O) groups excluding carboxylic acids is 1. The van der Waals surface area contributed by atoms with Crippen LogP contribution in [0.1, 0.15) is 21.6 Å². The summed E-state index contributed by atoms with van der Waals surface area (Å²) in [7, 11) is -1.27. The lowest BCUT2D eigenvalue weighted by Crippen LogP contribution is -2.28. The summed E-state index contributed by atoms with van der Waals surface area (Å²) >= 11 is 0. The molecule has 0 bridgehead atoms. The van der Waals surface area contributed by atoms with Crippen molar-refractivity contribution in [1.82, 2.24) is 4.57 Å². The molecular formula is C32H28F3NO11S. The average Bonchev–Trinajstić information content (AvgIpc) is 3.39. The fraction of sp³-hybridized carbons (Fsp3) is 0.250. The first-order valence-electron chi connectivity index (χ1n) is 14.0. The van der Waals surface area contributed by atoms with E-state index in [1.54, 1.807) is 42.5 Å². The summed E-state index contributed by atoms with van der Waals surface area (Å²) in [6.07, 6.45) is 0.0622. The second-order valence-electron chi connectivity index (χ2n) is 10.1. The van der Waals surface area contributed by atoms with Gasteiger partial charge in [-0.05, 0) is 35.7 Å². The zero-order chi connectivity index (χ0) is 34.8. The Kier molecular flexibility index (Phi) is 9.47. The molecule has 0 atom stereocenters. The van der Waals surface area contributed by atoms with Crippen LogP contribution in [-0.4, -0.2) is 52.9 Å². The van der Waals surface area contributed by atoms with Crippen LogP contribution in [0.4, 0.5) is 13.2 Å². The fourth-order valence-electron chi connectivity index (χ4n) is 5.07. The predicted octanol–water partition coefficient (Wildman–Crippen LogP) is 5.61. The van der Waals surface area contributed by atoms with E-state index in [0.717, 1.165) is 17.2 Å². The molecule has 0 saturated heterocycles. The lowest BCUT2D eigenvalue weighted by atomic mass is 10.1. The third kappa shape index (κ3) is 6.43. The van der Waals surface area contributed by atoms with Gasteiger partial charge in [-0.15, -0.1) is 0 Å². The number of benzene rings is 3. The number of carbonyl (C=O) groups is 1. The van der Waals surface area contributed by atoms with Gasteiger partial charge in [0.25, 0.3) is 0 Å². The molecule has 12 nitrogen and oxygen atoms in total. The highest BCUT2D eigenvalue weighted by molar-refractivity contribution is 7.88. The summed E-state index contributed by atoms with van der Waals surface area (Å²) in [6.45, 7) is -0.177. The fourth-order valence-corrected chi connectivity index (χ4v) is 5.55. The topological polar surface area (TPSA) is 142 Å². The van der Waals surface area contributed by atoms with Gasteiger partial charge in [0, 0.05) is 18.0 Å². The van der Waals surface area contributed by atoms with Gasteiger partial charge in [0.05, 0.1) is 33.8 Å². The van der Waals surface area contributed by atoms with Gasteiger partial charge in [-0.2, -0.15) is 21.6 Å². The highest BCUT2D eigenvalue weighted by Gasteiger charge is 2.50. The Morgan fingerprint density at radius 3 is 2.15 bits per heavy atom. The maximum atomic E-state index is 13.7. The first-order valence-corrected chi connectivity index (χ1v) is 15.4. The molecule has 0 amide bonds. The normalized spacial score (nSPS) is 11.8. The molecule has 0 fully saturated rings. The van der Waals surface area contributed by atoms with Crippen molar-refractivity contribution in [1.29, 1.82) is 0 Å². The molecule has 0 N–H and O–H groups in total. The van der Waals surface area contributed by atoms with Crippen LogP contribution in [0.3, 0.4) is 0 Å². The van der Waals surface area contributed by atoms with Crippen molar-refractivity contribution >= 4 is 38.0 Å². The van der Waals surface area contributed by atoms with Gasteiger partial charge in [-0.1, -0.05) is 36.4 Å². The Morgan fingerprint density at radius 1 is 0.854 bits per heavy atom. The van der Waals surface area contributed by atoms with Gasteiger partial charge in [0.2, 0.25) is 0 Å². The Labute approximate surface area is 271 Å². The van der Waals surface area contributed by atoms with E-state index in [0.29, 0.717) is 17.1 Å². The summed E-state index contributed by atoms with van der Waals surface area (Å²) in [5.74, 6) is -1.43. The summed E-state index contributed by atoms with van der Waals surface area (Å²) in [4.78, 5) is 26.8. The quantitative estimate of drug-likeness (QED) is 0.0698. The molecule has 2 aromatic heterocycles. The minimum Gasteiger partial charge on any atom is -0.493 e. The molecule has 48 heavy (non-hydrogen) atoms. The van der Waals surface area contributed by atoms with Crippen LogP contribution in [0.5, 0.6) is 28.7 Å². The van der Waals surface area contributed by atoms with Crippen molar-refractivity contribution in [2.75, 3.05) is 28.4 Å². The van der Waals surface area contributed by atoms with Crippen LogP contribution in [0.15, 0.2) is 69.9 Å². The molecule has 5 aromatic rings. The molecule has 0 aliphatic heterocycles. The third-order valence-electron chi connectivity index (χ3n) is 7.31. The van der Waals surface area contributed by atoms with Gasteiger partial charge >= 0.3 is 27.2 Å². The Morgan fingerprint density at radius 2 is 1.52 bits per heavy atom. The zero-order valence-electron chi connectivity index (χ0n) is 25.9. The number of alkyl halides is 3. The number of ether oxygens (including phenoxy) is 5. The van der Waals surface area contributed by atoms with Crippen molar-refractivity contribution in [3.8, 4) is 28.7 Å². The number of rotatable bonds is 12. The van der Waals surface area contributed by atoms with E-state index >= 15 is 0 Å². The van der Waals surface area contributed by atoms with Crippen molar-refractivity contribution in [3.05, 3.63) is 87.9 Å². The minimum atomic E-state index is -6.36. The summed E-state index contributed by atoms with van der Waals surface area (Å²) < 4.78 is 104. The van der Waals surface area contributed by atoms with E-state index < -0.39 is 49.6 Å². The van der Waals surface area contributed by atoms with Crippen molar-refractivity contribution in [2.24, 2.45) is 0 Å². The van der Waals surface area contributed by atoms with Gasteiger partial charge < -0.3 is 36.9 Å². The number of halogens is 3. The number of hydrogen-bond acceptors (Lipinski definition) is 11. The van der Waals surface area contributed by atoms with Crippen molar-refractivity contribution < 1.29 is 58.7 Å². The summed E-state index contributed by atoms with van der Waals surface area (Å²) in [6, 6.07) is 16.5. The Balaban J connectivity index is 1.76. The van der Waals surface area contributed by atoms with E-state index in [1.807, 2.05) is 6.07 Å². The number of nitrogens with zero attached hydrogens (tertiary/aromatic N) is 1. The third-order valence-corrected chi connectivity index (χ3v) is 8.27. The van der Waals surface area contributed by atoms with Crippen LogP contribution < -0.4 is 28.8 Å². The smallest absolute Gasteiger partial charge is 0.493 e. The van der Waals surface area contributed by atoms with Crippen LogP contribution in [0.25, 0.3) is 21.9 Å². The highest BCUT2D eigenvalue weighted by atomic mass is 32.2. The van der Waals surface area contributed by atoms with Gasteiger partial charge in [-0.3, -0.25) is 0 Å². The lowest BCUT2D eigenvalue weighted by Gasteiger charge is -2.13. The minimum absolute atomic E-state index is 0.0518. The number of esters is 1. The van der Waals surface area contributed by atoms with E-state index in [2.05, 4.69) is 4.18 Å². The number of methoxy groups -OCH3 is 4. The maximum absolute atomic E-state index is 13.7. The monoisotopic (exact) mass is 691 g/mol. The number of hydrogen-bond donors (Lipinski definition) is 0. The average molecular weight is 692 g/mol. The van der Waals surface area contributed by atoms with Crippen LogP contribution in [0, 0.1) is 0 Å². The predicted molar refractivity (Wildman–Crippen MR) is 165 cm³/mol. The van der Waals surface area contributed by atoms with Gasteiger partial charge in [0.15, 0.2) is 34.4 Å². The second kappa shape index (κ2) is 13.4. The SMILES string of the molecule is COC(=O)c1c(OS(=O)(=O)C(F)(F)F)c2c3cc(OC)c(OCc4ccccc4)cc3oc(=O)c2n1CCc1ccc(OC)c(OC)c1. The second-order valence-corrected chi connectivity index (χ2v) is 11.7. The number of fused-ring (bicyclic) bond motifs is 3.